The first kappa shape index (κ1) is 26.9. The normalized spacial score (nSPS) is 16.1. The summed E-state index contributed by atoms with van der Waals surface area (Å²) in [4.78, 5) is 3.32. The Bertz CT molecular complexity index is 1320. The largest absolute Gasteiger partial charge is 0.486 e. The van der Waals surface area contributed by atoms with Gasteiger partial charge in [0, 0.05) is 42.9 Å². The van der Waals surface area contributed by atoms with E-state index >= 15 is 0 Å². The van der Waals surface area contributed by atoms with E-state index in [2.05, 4.69) is 14.4 Å². The third kappa shape index (κ3) is 7.04. The molecule has 39 heavy (non-hydrogen) atoms. The molecule has 0 radical (unpaired) electrons. The number of rotatable bonds is 8. The van der Waals surface area contributed by atoms with Crippen LogP contribution in [-0.4, -0.2) is 49.7 Å². The Morgan fingerprint density at radius 3 is 2.10 bits per heavy atom. The van der Waals surface area contributed by atoms with Crippen LogP contribution >= 0.6 is 11.9 Å². The molecule has 3 aromatic carbocycles. The first-order valence-electron chi connectivity index (χ1n) is 12.9. The summed E-state index contributed by atoms with van der Waals surface area (Å²) in [7, 11) is 0. The lowest BCUT2D eigenvalue weighted by Crippen LogP contribution is -2.33. The summed E-state index contributed by atoms with van der Waals surface area (Å²) in [6, 6.07) is 18.8. The summed E-state index contributed by atoms with van der Waals surface area (Å²) in [5, 5.41) is 3.92. The fourth-order valence-corrected chi connectivity index (χ4v) is 5.35. The number of benzene rings is 3. The second-order valence-electron chi connectivity index (χ2n) is 9.34. The van der Waals surface area contributed by atoms with Gasteiger partial charge < -0.3 is 20.2 Å². The molecule has 0 spiro atoms. The van der Waals surface area contributed by atoms with Crippen molar-refractivity contribution in [3.8, 4) is 11.5 Å². The topological polar surface area (TPSA) is 72.4 Å². The van der Waals surface area contributed by atoms with E-state index in [1.54, 1.807) is 30.5 Å². The Kier molecular flexibility index (Phi) is 8.90. The molecule has 3 aromatic rings. The molecule has 0 unspecified atom stereocenters. The van der Waals surface area contributed by atoms with Crippen molar-refractivity contribution in [3.63, 3.8) is 0 Å². The molecule has 6 nitrogen and oxygen atoms in total. The predicted octanol–water partition coefficient (Wildman–Crippen LogP) is 6.12. The number of ether oxygens (including phenoxy) is 2. The Labute approximate surface area is 231 Å². The third-order valence-corrected chi connectivity index (χ3v) is 7.48. The standard InChI is InChI=1S/C30H30F2N4O2S/c31-24-5-1-21(2-6-24)30(22-3-7-25(32)8-4-22)23-11-14-36(15-12-23)16-13-26(35-33)20-34-39-27-9-10-28-29(19-27)38-18-17-37-28/h1-10,19-20H,11-18,33H2. The zero-order chi connectivity index (χ0) is 27.0. The maximum atomic E-state index is 13.6. The molecule has 2 aliphatic heterocycles. The van der Waals surface area contributed by atoms with Gasteiger partial charge in [-0.25, -0.2) is 13.2 Å². The van der Waals surface area contributed by atoms with Gasteiger partial charge >= 0.3 is 0 Å². The van der Waals surface area contributed by atoms with E-state index in [4.69, 9.17) is 15.3 Å². The van der Waals surface area contributed by atoms with Crippen LogP contribution in [0.4, 0.5) is 8.78 Å². The average molecular weight is 549 g/mol. The Morgan fingerprint density at radius 1 is 0.872 bits per heavy atom. The molecule has 5 rings (SSSR count). The van der Waals surface area contributed by atoms with Crippen LogP contribution in [0.25, 0.3) is 5.57 Å². The van der Waals surface area contributed by atoms with E-state index in [-0.39, 0.29) is 11.6 Å². The molecule has 0 aliphatic carbocycles. The van der Waals surface area contributed by atoms with Gasteiger partial charge in [0.1, 0.15) is 24.8 Å². The van der Waals surface area contributed by atoms with Crippen LogP contribution in [0.3, 0.4) is 0 Å². The number of hydrogen-bond acceptors (Lipinski definition) is 7. The van der Waals surface area contributed by atoms with Crippen molar-refractivity contribution in [2.75, 3.05) is 32.8 Å². The van der Waals surface area contributed by atoms with Crippen LogP contribution in [-0.2, 0) is 0 Å². The number of halogens is 2. The SMILES string of the molecule is NN=C(C=NSc1ccc2c(c1)OCCO2)CCN1CCC(=C(c2ccc(F)cc2)c2ccc(F)cc2)CC1. The molecule has 0 bridgehead atoms. The monoisotopic (exact) mass is 548 g/mol. The van der Waals surface area contributed by atoms with Gasteiger partial charge in [-0.3, -0.25) is 0 Å². The number of fused-ring (bicyclic) bond motifs is 1. The molecule has 2 heterocycles. The quantitative estimate of drug-likeness (QED) is 0.159. The molecule has 1 fully saturated rings. The summed E-state index contributed by atoms with van der Waals surface area (Å²) in [5.41, 5.74) is 4.95. The number of hydrogen-bond donors (Lipinski definition) is 1. The van der Waals surface area contributed by atoms with E-state index in [0.717, 1.165) is 71.3 Å². The third-order valence-electron chi connectivity index (χ3n) is 6.80. The lowest BCUT2D eigenvalue weighted by molar-refractivity contribution is 0.171. The summed E-state index contributed by atoms with van der Waals surface area (Å²) < 4.78 is 42.8. The highest BCUT2D eigenvalue weighted by Gasteiger charge is 2.19. The number of hydrazone groups is 1. The van der Waals surface area contributed by atoms with E-state index < -0.39 is 0 Å². The van der Waals surface area contributed by atoms with Crippen LogP contribution in [0.1, 0.15) is 30.4 Å². The smallest absolute Gasteiger partial charge is 0.162 e. The van der Waals surface area contributed by atoms with Crippen molar-refractivity contribution in [3.05, 3.63) is 95.1 Å². The van der Waals surface area contributed by atoms with E-state index in [1.165, 1.54) is 41.8 Å². The van der Waals surface area contributed by atoms with Crippen molar-refractivity contribution < 1.29 is 18.3 Å². The first-order valence-corrected chi connectivity index (χ1v) is 13.7. The molecule has 202 valence electrons. The fraction of sp³-hybridized carbons (Fsp3) is 0.267. The van der Waals surface area contributed by atoms with Gasteiger partial charge in [-0.15, -0.1) is 0 Å². The maximum Gasteiger partial charge on any atom is 0.162 e. The number of likely N-dealkylation sites (tertiary alicyclic amines) is 1. The Morgan fingerprint density at radius 2 is 1.49 bits per heavy atom. The number of piperidine rings is 1. The minimum absolute atomic E-state index is 0.275. The maximum absolute atomic E-state index is 13.6. The second kappa shape index (κ2) is 12.9. The molecule has 0 aromatic heterocycles. The van der Waals surface area contributed by atoms with Crippen LogP contribution in [0.2, 0.25) is 0 Å². The number of nitrogens with zero attached hydrogens (tertiary/aromatic N) is 3. The Hall–Kier alpha value is -3.69. The van der Waals surface area contributed by atoms with Crippen molar-refractivity contribution in [2.24, 2.45) is 15.3 Å². The van der Waals surface area contributed by atoms with Gasteiger partial charge in [-0.1, -0.05) is 29.8 Å². The molecular weight excluding hydrogens is 518 g/mol. The highest BCUT2D eigenvalue weighted by atomic mass is 32.2. The van der Waals surface area contributed by atoms with Gasteiger partial charge in [-0.05, 0) is 72.0 Å². The van der Waals surface area contributed by atoms with Gasteiger partial charge in [0.25, 0.3) is 0 Å². The minimum atomic E-state index is -0.275. The second-order valence-corrected chi connectivity index (χ2v) is 10.2. The highest BCUT2D eigenvalue weighted by molar-refractivity contribution is 7.98. The summed E-state index contributed by atoms with van der Waals surface area (Å²) in [6.45, 7) is 3.67. The van der Waals surface area contributed by atoms with Crippen LogP contribution in [0.15, 0.2) is 86.7 Å². The van der Waals surface area contributed by atoms with E-state index in [0.29, 0.717) is 19.6 Å². The van der Waals surface area contributed by atoms with Gasteiger partial charge in [0.05, 0.1) is 11.9 Å². The zero-order valence-corrected chi connectivity index (χ0v) is 22.3. The van der Waals surface area contributed by atoms with Crippen molar-refractivity contribution in [1.82, 2.24) is 4.90 Å². The molecule has 1 saturated heterocycles. The van der Waals surface area contributed by atoms with Crippen molar-refractivity contribution in [2.45, 2.75) is 24.2 Å². The average Bonchev–Trinajstić information content (AvgIpc) is 2.97. The fourth-order valence-electron chi connectivity index (χ4n) is 4.77. The molecular formula is C30H30F2N4O2S. The van der Waals surface area contributed by atoms with Crippen molar-refractivity contribution in [1.29, 1.82) is 0 Å². The zero-order valence-electron chi connectivity index (χ0n) is 21.5. The molecule has 0 amide bonds. The van der Waals surface area contributed by atoms with Crippen LogP contribution < -0.4 is 15.3 Å². The summed E-state index contributed by atoms with van der Waals surface area (Å²) >= 11 is 1.33. The predicted molar refractivity (Wildman–Crippen MR) is 153 cm³/mol. The molecule has 0 saturated carbocycles. The van der Waals surface area contributed by atoms with Gasteiger partial charge in [0.15, 0.2) is 11.5 Å². The van der Waals surface area contributed by atoms with Crippen molar-refractivity contribution >= 4 is 29.4 Å². The summed E-state index contributed by atoms with van der Waals surface area (Å²) in [6.07, 6.45) is 4.13. The lowest BCUT2D eigenvalue weighted by Gasteiger charge is -2.30. The van der Waals surface area contributed by atoms with E-state index in [9.17, 15) is 8.78 Å². The summed E-state index contributed by atoms with van der Waals surface area (Å²) in [5.74, 6) is 6.57. The Balaban J connectivity index is 1.18. The van der Waals surface area contributed by atoms with Crippen LogP contribution in [0.5, 0.6) is 11.5 Å². The first-order chi connectivity index (χ1) is 19.1. The molecule has 9 heteroatoms. The molecule has 2 aliphatic rings. The van der Waals surface area contributed by atoms with Gasteiger partial charge in [0.2, 0.25) is 0 Å². The molecule has 0 atom stereocenters. The number of nitrogens with two attached hydrogens (primary N) is 1. The van der Waals surface area contributed by atoms with Gasteiger partial charge in [-0.2, -0.15) is 5.10 Å². The minimum Gasteiger partial charge on any atom is -0.486 e. The van der Waals surface area contributed by atoms with E-state index in [1.807, 2.05) is 18.2 Å². The lowest BCUT2D eigenvalue weighted by atomic mass is 9.88. The molecule has 2 N–H and O–H groups in total. The highest BCUT2D eigenvalue weighted by Crippen LogP contribution is 2.35. The van der Waals surface area contributed by atoms with Crippen LogP contribution in [0, 0.1) is 11.6 Å².